The number of hydrogen-bond acceptors (Lipinski definition) is 4. The molecule has 0 aliphatic carbocycles. The first-order valence-corrected chi connectivity index (χ1v) is 8.52. The van der Waals surface area contributed by atoms with Crippen molar-refractivity contribution in [2.24, 2.45) is 5.92 Å². The van der Waals surface area contributed by atoms with Gasteiger partial charge in [-0.1, -0.05) is 13.8 Å². The highest BCUT2D eigenvalue weighted by molar-refractivity contribution is 7.89. The summed E-state index contributed by atoms with van der Waals surface area (Å²) in [5.74, 6) is 0.674. The third kappa shape index (κ3) is 2.89. The summed E-state index contributed by atoms with van der Waals surface area (Å²) in [6.45, 7) is 7.20. The van der Waals surface area contributed by atoms with E-state index in [0.717, 1.165) is 18.8 Å². The molecule has 0 bridgehead atoms. The minimum absolute atomic E-state index is 0.0441. The fourth-order valence-electron chi connectivity index (χ4n) is 2.52. The molecule has 7 heteroatoms. The van der Waals surface area contributed by atoms with Gasteiger partial charge in [-0.15, -0.1) is 0 Å². The quantitative estimate of drug-likeness (QED) is 0.900. The van der Waals surface area contributed by atoms with Gasteiger partial charge in [0.15, 0.2) is 5.03 Å². The number of nitrogens with zero attached hydrogens (tertiary/aromatic N) is 3. The lowest BCUT2D eigenvalue weighted by Crippen LogP contribution is -2.44. The zero-order valence-corrected chi connectivity index (χ0v) is 13.1. The van der Waals surface area contributed by atoms with Crippen LogP contribution < -0.4 is 0 Å². The van der Waals surface area contributed by atoms with E-state index >= 15 is 0 Å². The number of hydrogen-bond donors (Lipinski definition) is 1. The Balaban J connectivity index is 2.24. The van der Waals surface area contributed by atoms with Gasteiger partial charge in [0.05, 0.1) is 6.10 Å². The van der Waals surface area contributed by atoms with Crippen LogP contribution in [0.15, 0.2) is 11.2 Å². The highest BCUT2D eigenvalue weighted by Crippen LogP contribution is 2.23. The van der Waals surface area contributed by atoms with Crippen LogP contribution in [0.4, 0.5) is 0 Å². The second-order valence-electron chi connectivity index (χ2n) is 5.52. The molecule has 114 valence electrons. The summed E-state index contributed by atoms with van der Waals surface area (Å²) in [5.41, 5.74) is 0. The third-order valence-electron chi connectivity index (χ3n) is 3.85. The van der Waals surface area contributed by atoms with E-state index in [0.29, 0.717) is 19.5 Å². The molecular formula is C13H23N3O3S. The summed E-state index contributed by atoms with van der Waals surface area (Å²) in [7, 11) is -3.55. The van der Waals surface area contributed by atoms with Crippen molar-refractivity contribution in [1.82, 2.24) is 13.9 Å². The number of imidazole rings is 1. The molecule has 0 spiro atoms. The largest absolute Gasteiger partial charge is 0.393 e. The number of rotatable bonds is 4. The van der Waals surface area contributed by atoms with E-state index in [2.05, 4.69) is 4.98 Å². The molecule has 0 aromatic carbocycles. The van der Waals surface area contributed by atoms with Crippen LogP contribution in [-0.2, 0) is 16.6 Å². The number of aromatic nitrogens is 2. The van der Waals surface area contributed by atoms with Gasteiger partial charge >= 0.3 is 0 Å². The summed E-state index contributed by atoms with van der Waals surface area (Å²) in [4.78, 5) is 4.19. The van der Waals surface area contributed by atoms with Gasteiger partial charge in [-0.3, -0.25) is 0 Å². The molecule has 2 unspecified atom stereocenters. The highest BCUT2D eigenvalue weighted by Gasteiger charge is 2.34. The molecule has 0 saturated carbocycles. The molecule has 2 rings (SSSR count). The number of aliphatic hydroxyl groups is 1. The smallest absolute Gasteiger partial charge is 0.262 e. The van der Waals surface area contributed by atoms with Gasteiger partial charge in [-0.2, -0.15) is 4.31 Å². The maximum Gasteiger partial charge on any atom is 0.262 e. The molecule has 2 heterocycles. The number of sulfonamides is 1. The van der Waals surface area contributed by atoms with Gasteiger partial charge in [0, 0.05) is 25.8 Å². The van der Waals surface area contributed by atoms with Crippen molar-refractivity contribution in [3.63, 3.8) is 0 Å². The zero-order valence-electron chi connectivity index (χ0n) is 12.3. The average molecular weight is 301 g/mol. The number of aliphatic hydroxyl groups excluding tert-OH is 1. The Kier molecular flexibility index (Phi) is 4.51. The van der Waals surface area contributed by atoms with Gasteiger partial charge in [0.25, 0.3) is 10.0 Å². The third-order valence-corrected chi connectivity index (χ3v) is 5.58. The highest BCUT2D eigenvalue weighted by atomic mass is 32.2. The number of piperidine rings is 1. The Labute approximate surface area is 120 Å². The monoisotopic (exact) mass is 301 g/mol. The molecule has 20 heavy (non-hydrogen) atoms. The van der Waals surface area contributed by atoms with E-state index in [-0.39, 0.29) is 10.9 Å². The van der Waals surface area contributed by atoms with Crippen LogP contribution in [0.3, 0.4) is 0 Å². The van der Waals surface area contributed by atoms with E-state index < -0.39 is 16.1 Å². The summed E-state index contributed by atoms with van der Waals surface area (Å²) in [6, 6.07) is 0. The van der Waals surface area contributed by atoms with Crippen molar-refractivity contribution in [2.75, 3.05) is 13.1 Å². The molecule has 1 aliphatic heterocycles. The Hall–Kier alpha value is -0.920. The molecule has 2 atom stereocenters. The molecule has 0 radical (unpaired) electrons. The summed E-state index contributed by atoms with van der Waals surface area (Å²) in [6.07, 6.45) is 2.61. The fourth-order valence-corrected chi connectivity index (χ4v) is 4.07. The first-order valence-electron chi connectivity index (χ1n) is 7.08. The fraction of sp³-hybridized carbons (Fsp3) is 0.769. The Morgan fingerprint density at radius 3 is 2.80 bits per heavy atom. The van der Waals surface area contributed by atoms with Crippen molar-refractivity contribution in [2.45, 2.75) is 51.3 Å². The van der Waals surface area contributed by atoms with E-state index in [9.17, 15) is 13.5 Å². The van der Waals surface area contributed by atoms with Crippen LogP contribution in [-0.4, -0.2) is 46.6 Å². The van der Waals surface area contributed by atoms with Crippen LogP contribution in [0.1, 0.15) is 32.5 Å². The minimum atomic E-state index is -3.55. The first kappa shape index (κ1) is 15.5. The van der Waals surface area contributed by atoms with Crippen molar-refractivity contribution in [1.29, 1.82) is 0 Å². The molecule has 6 nitrogen and oxygen atoms in total. The predicted octanol–water partition coefficient (Wildman–Crippen LogP) is 0.993. The van der Waals surface area contributed by atoms with Gasteiger partial charge in [0.2, 0.25) is 0 Å². The van der Waals surface area contributed by atoms with Crippen molar-refractivity contribution in [3.05, 3.63) is 12.0 Å². The molecular weight excluding hydrogens is 278 g/mol. The predicted molar refractivity (Wildman–Crippen MR) is 75.8 cm³/mol. The average Bonchev–Trinajstić information content (AvgIpc) is 2.75. The maximum absolute atomic E-state index is 12.6. The summed E-state index contributed by atoms with van der Waals surface area (Å²) in [5, 5.41) is 9.83. The number of aryl methyl sites for hydroxylation is 2. The lowest BCUT2D eigenvalue weighted by molar-refractivity contribution is 0.0628. The molecule has 1 aromatic heterocycles. The molecule has 1 fully saturated rings. The molecule has 0 amide bonds. The zero-order chi connectivity index (χ0) is 14.9. The van der Waals surface area contributed by atoms with Crippen molar-refractivity contribution in [3.8, 4) is 0 Å². The SMILES string of the molecule is CCCn1cc(S(=O)(=O)N2CCC(O)C(C)C2)nc1C. The topological polar surface area (TPSA) is 75.4 Å². The molecule has 1 N–H and O–H groups in total. The second kappa shape index (κ2) is 5.83. The first-order chi connectivity index (χ1) is 9.36. The standard InChI is InChI=1S/C13H23N3O3S/c1-4-6-15-9-13(14-11(15)3)20(18,19)16-7-5-12(17)10(2)8-16/h9-10,12,17H,4-8H2,1-3H3. The van der Waals surface area contributed by atoms with Gasteiger partial charge < -0.3 is 9.67 Å². The lowest BCUT2D eigenvalue weighted by Gasteiger charge is -2.32. The van der Waals surface area contributed by atoms with Crippen molar-refractivity contribution >= 4 is 10.0 Å². The summed E-state index contributed by atoms with van der Waals surface area (Å²) >= 11 is 0. The molecule has 1 aliphatic rings. The van der Waals surface area contributed by atoms with Gasteiger partial charge in [0.1, 0.15) is 5.82 Å². The van der Waals surface area contributed by atoms with Crippen LogP contribution in [0.25, 0.3) is 0 Å². The summed E-state index contributed by atoms with van der Waals surface area (Å²) < 4.78 is 28.5. The van der Waals surface area contributed by atoms with E-state index in [1.807, 2.05) is 25.3 Å². The normalized spacial score (nSPS) is 25.0. The maximum atomic E-state index is 12.6. The van der Waals surface area contributed by atoms with E-state index in [4.69, 9.17) is 0 Å². The lowest BCUT2D eigenvalue weighted by atomic mass is 9.99. The van der Waals surface area contributed by atoms with Crippen LogP contribution in [0.2, 0.25) is 0 Å². The van der Waals surface area contributed by atoms with E-state index in [1.165, 1.54) is 4.31 Å². The Bertz CT molecular complexity index is 567. The van der Waals surface area contributed by atoms with Gasteiger partial charge in [-0.25, -0.2) is 13.4 Å². The van der Waals surface area contributed by atoms with Crippen LogP contribution >= 0.6 is 0 Å². The second-order valence-corrected chi connectivity index (χ2v) is 7.40. The van der Waals surface area contributed by atoms with Crippen LogP contribution in [0, 0.1) is 12.8 Å². The minimum Gasteiger partial charge on any atom is -0.393 e. The molecule has 1 saturated heterocycles. The van der Waals surface area contributed by atoms with Crippen LogP contribution in [0.5, 0.6) is 0 Å². The Morgan fingerprint density at radius 2 is 2.20 bits per heavy atom. The van der Waals surface area contributed by atoms with E-state index in [1.54, 1.807) is 6.20 Å². The molecule has 1 aromatic rings. The van der Waals surface area contributed by atoms with Gasteiger partial charge in [-0.05, 0) is 25.7 Å². The Morgan fingerprint density at radius 1 is 1.50 bits per heavy atom. The van der Waals surface area contributed by atoms with Crippen molar-refractivity contribution < 1.29 is 13.5 Å².